The van der Waals surface area contributed by atoms with Crippen LogP contribution < -0.4 is 11.1 Å². The number of nitrogens with two attached hydrogens (primary N) is 1. The second-order valence-electron chi connectivity index (χ2n) is 5.70. The van der Waals surface area contributed by atoms with E-state index in [9.17, 15) is 4.79 Å². The molecular formula is C17H20N2OS. The summed E-state index contributed by atoms with van der Waals surface area (Å²) in [5.41, 5.74) is 10.8. The number of carbonyl (C=O) groups is 1. The number of amides is 1. The van der Waals surface area contributed by atoms with Crippen LogP contribution in [0.3, 0.4) is 0 Å². The minimum absolute atomic E-state index is 0.0423. The number of carbonyl (C=O) groups excluding carboxylic acids is 1. The predicted molar refractivity (Wildman–Crippen MR) is 89.0 cm³/mol. The zero-order valence-corrected chi connectivity index (χ0v) is 13.2. The number of nitrogen functional groups attached to an aromatic ring is 1. The lowest BCUT2D eigenvalue weighted by molar-refractivity contribution is -0.117. The van der Waals surface area contributed by atoms with Crippen LogP contribution in [-0.4, -0.2) is 5.91 Å². The maximum Gasteiger partial charge on any atom is 0.232 e. The summed E-state index contributed by atoms with van der Waals surface area (Å²) in [5.74, 6) is 0.0223. The van der Waals surface area contributed by atoms with Gasteiger partial charge in [-0.1, -0.05) is 6.07 Å². The highest BCUT2D eigenvalue weighted by Crippen LogP contribution is 2.36. The lowest BCUT2D eigenvalue weighted by Crippen LogP contribution is -2.24. The van der Waals surface area contributed by atoms with E-state index in [1.54, 1.807) is 11.3 Å². The highest BCUT2D eigenvalue weighted by molar-refractivity contribution is 7.10. The van der Waals surface area contributed by atoms with E-state index in [2.05, 4.69) is 16.8 Å². The van der Waals surface area contributed by atoms with Crippen LogP contribution in [0.25, 0.3) is 0 Å². The number of anilines is 2. The predicted octanol–water partition coefficient (Wildman–Crippen LogP) is 4.01. The molecule has 1 unspecified atom stereocenters. The molecule has 110 valence electrons. The summed E-state index contributed by atoms with van der Waals surface area (Å²) >= 11 is 1.76. The fourth-order valence-corrected chi connectivity index (χ4v) is 3.96. The Balaban J connectivity index is 1.88. The molecule has 0 saturated carbocycles. The molecule has 21 heavy (non-hydrogen) atoms. The maximum atomic E-state index is 12.7. The number of thiophene rings is 1. The average Bonchev–Trinajstić information content (AvgIpc) is 2.95. The van der Waals surface area contributed by atoms with Crippen molar-refractivity contribution in [2.24, 2.45) is 0 Å². The van der Waals surface area contributed by atoms with E-state index in [4.69, 9.17) is 5.73 Å². The van der Waals surface area contributed by atoms with Crippen molar-refractivity contribution in [1.82, 2.24) is 0 Å². The molecule has 1 aromatic heterocycles. The van der Waals surface area contributed by atoms with Crippen LogP contribution in [0.4, 0.5) is 11.4 Å². The van der Waals surface area contributed by atoms with Crippen LogP contribution in [0.15, 0.2) is 23.6 Å². The van der Waals surface area contributed by atoms with Crippen molar-refractivity contribution in [2.75, 3.05) is 11.1 Å². The smallest absolute Gasteiger partial charge is 0.232 e. The molecule has 1 amide bonds. The van der Waals surface area contributed by atoms with E-state index in [-0.39, 0.29) is 11.8 Å². The molecule has 1 heterocycles. The van der Waals surface area contributed by atoms with Gasteiger partial charge in [-0.2, -0.15) is 0 Å². The molecule has 3 nitrogen and oxygen atoms in total. The first-order valence-electron chi connectivity index (χ1n) is 7.30. The standard InChI is InChI=1S/C17H20N2OS/c1-10-6-7-14(18)16(11(10)2)19-17(20)13-4-3-5-15-12(13)8-9-21-15/h6-9,13H,3-5,18H2,1-2H3,(H,19,20). The Labute approximate surface area is 129 Å². The number of hydrogen-bond acceptors (Lipinski definition) is 3. The summed E-state index contributed by atoms with van der Waals surface area (Å²) in [4.78, 5) is 14.0. The molecule has 0 fully saturated rings. The van der Waals surface area contributed by atoms with Gasteiger partial charge in [-0.25, -0.2) is 0 Å². The normalized spacial score (nSPS) is 17.3. The first kappa shape index (κ1) is 14.1. The van der Waals surface area contributed by atoms with E-state index in [1.807, 2.05) is 26.0 Å². The lowest BCUT2D eigenvalue weighted by Gasteiger charge is -2.23. The van der Waals surface area contributed by atoms with E-state index < -0.39 is 0 Å². The minimum atomic E-state index is -0.0423. The molecule has 1 atom stereocenters. The zero-order valence-electron chi connectivity index (χ0n) is 12.4. The van der Waals surface area contributed by atoms with E-state index in [0.717, 1.165) is 36.1 Å². The third-order valence-corrected chi connectivity index (χ3v) is 5.38. The Bertz CT molecular complexity index is 690. The van der Waals surface area contributed by atoms with Gasteiger partial charge >= 0.3 is 0 Å². The van der Waals surface area contributed by atoms with Crippen LogP contribution in [0.1, 0.15) is 40.3 Å². The number of aryl methyl sites for hydroxylation is 2. The maximum absolute atomic E-state index is 12.7. The monoisotopic (exact) mass is 300 g/mol. The molecule has 0 bridgehead atoms. The summed E-state index contributed by atoms with van der Waals surface area (Å²) < 4.78 is 0. The van der Waals surface area contributed by atoms with Crippen LogP contribution in [0.5, 0.6) is 0 Å². The zero-order chi connectivity index (χ0) is 15.0. The van der Waals surface area contributed by atoms with Gasteiger partial charge in [0.15, 0.2) is 0 Å². The molecule has 2 aromatic rings. The number of hydrogen-bond donors (Lipinski definition) is 2. The molecule has 0 aliphatic heterocycles. The fraction of sp³-hybridized carbons (Fsp3) is 0.353. The van der Waals surface area contributed by atoms with Crippen LogP contribution in [0.2, 0.25) is 0 Å². The van der Waals surface area contributed by atoms with E-state index in [1.165, 1.54) is 10.4 Å². The number of benzene rings is 1. The first-order valence-corrected chi connectivity index (χ1v) is 8.18. The Kier molecular flexibility index (Phi) is 3.72. The SMILES string of the molecule is Cc1ccc(N)c(NC(=O)C2CCCc3sccc32)c1C. The highest BCUT2D eigenvalue weighted by Gasteiger charge is 2.27. The summed E-state index contributed by atoms with van der Waals surface area (Å²) in [7, 11) is 0. The third-order valence-electron chi connectivity index (χ3n) is 4.38. The van der Waals surface area contributed by atoms with Gasteiger partial charge < -0.3 is 11.1 Å². The van der Waals surface area contributed by atoms with Gasteiger partial charge in [0.2, 0.25) is 5.91 Å². The third kappa shape index (κ3) is 2.56. The average molecular weight is 300 g/mol. The van der Waals surface area contributed by atoms with Crippen LogP contribution in [-0.2, 0) is 11.2 Å². The molecule has 3 N–H and O–H groups in total. The number of fused-ring (bicyclic) bond motifs is 1. The molecule has 0 saturated heterocycles. The topological polar surface area (TPSA) is 55.1 Å². The minimum Gasteiger partial charge on any atom is -0.397 e. The second-order valence-corrected chi connectivity index (χ2v) is 6.71. The summed E-state index contributed by atoms with van der Waals surface area (Å²) in [6.45, 7) is 4.03. The van der Waals surface area contributed by atoms with Gasteiger partial charge in [0.05, 0.1) is 17.3 Å². The Morgan fingerprint density at radius 1 is 1.33 bits per heavy atom. The summed E-state index contributed by atoms with van der Waals surface area (Å²) in [6, 6.07) is 5.93. The van der Waals surface area contributed by atoms with Crippen molar-refractivity contribution in [3.63, 3.8) is 0 Å². The van der Waals surface area contributed by atoms with Crippen molar-refractivity contribution in [3.8, 4) is 0 Å². The van der Waals surface area contributed by atoms with Gasteiger partial charge in [0.25, 0.3) is 0 Å². The summed E-state index contributed by atoms with van der Waals surface area (Å²) in [6.07, 6.45) is 3.09. The van der Waals surface area contributed by atoms with Crippen molar-refractivity contribution in [3.05, 3.63) is 45.1 Å². The van der Waals surface area contributed by atoms with Crippen molar-refractivity contribution in [2.45, 2.75) is 39.0 Å². The highest BCUT2D eigenvalue weighted by atomic mass is 32.1. The quantitative estimate of drug-likeness (QED) is 0.823. The molecular weight excluding hydrogens is 280 g/mol. The lowest BCUT2D eigenvalue weighted by atomic mass is 9.87. The molecule has 3 rings (SSSR count). The molecule has 1 aliphatic rings. The van der Waals surface area contributed by atoms with Crippen molar-refractivity contribution >= 4 is 28.6 Å². The molecule has 1 aliphatic carbocycles. The Morgan fingerprint density at radius 3 is 2.95 bits per heavy atom. The van der Waals surface area contributed by atoms with Crippen LogP contribution in [0, 0.1) is 13.8 Å². The van der Waals surface area contributed by atoms with Crippen molar-refractivity contribution < 1.29 is 4.79 Å². The van der Waals surface area contributed by atoms with E-state index in [0.29, 0.717) is 5.69 Å². The Hall–Kier alpha value is -1.81. The van der Waals surface area contributed by atoms with Gasteiger partial charge in [-0.15, -0.1) is 11.3 Å². The fourth-order valence-electron chi connectivity index (χ4n) is 2.97. The largest absolute Gasteiger partial charge is 0.397 e. The van der Waals surface area contributed by atoms with Gasteiger partial charge in [-0.3, -0.25) is 4.79 Å². The van der Waals surface area contributed by atoms with E-state index >= 15 is 0 Å². The van der Waals surface area contributed by atoms with Gasteiger partial charge in [0, 0.05) is 4.88 Å². The van der Waals surface area contributed by atoms with Gasteiger partial charge in [-0.05, 0) is 67.3 Å². The van der Waals surface area contributed by atoms with Crippen molar-refractivity contribution in [1.29, 1.82) is 0 Å². The molecule has 0 spiro atoms. The molecule has 0 radical (unpaired) electrons. The summed E-state index contributed by atoms with van der Waals surface area (Å²) in [5, 5.41) is 5.15. The molecule has 4 heteroatoms. The molecule has 1 aromatic carbocycles. The van der Waals surface area contributed by atoms with Gasteiger partial charge in [0.1, 0.15) is 0 Å². The number of nitrogens with one attached hydrogen (secondary N) is 1. The Morgan fingerprint density at radius 2 is 2.14 bits per heavy atom. The van der Waals surface area contributed by atoms with Crippen LogP contribution >= 0.6 is 11.3 Å². The first-order chi connectivity index (χ1) is 10.1. The second kappa shape index (κ2) is 5.53. The number of rotatable bonds is 2.